The lowest BCUT2D eigenvalue weighted by atomic mass is 10.1. The van der Waals surface area contributed by atoms with Gasteiger partial charge < -0.3 is 9.73 Å². The molecule has 2 aromatic heterocycles. The molecule has 0 aliphatic heterocycles. The molecule has 2 aromatic carbocycles. The highest BCUT2D eigenvalue weighted by atomic mass is 16.4. The van der Waals surface area contributed by atoms with Gasteiger partial charge in [-0.15, -0.1) is 0 Å². The van der Waals surface area contributed by atoms with Crippen molar-refractivity contribution in [1.29, 1.82) is 0 Å². The van der Waals surface area contributed by atoms with E-state index in [0.717, 1.165) is 41.6 Å². The van der Waals surface area contributed by atoms with Crippen molar-refractivity contribution < 1.29 is 9.21 Å². The van der Waals surface area contributed by atoms with Crippen molar-refractivity contribution in [2.45, 2.75) is 19.3 Å². The minimum atomic E-state index is -0.397. The highest BCUT2D eigenvalue weighted by molar-refractivity contribution is 6.05. The predicted molar refractivity (Wildman–Crippen MR) is 106 cm³/mol. The number of amides is 1. The fraction of sp³-hybridized carbons (Fsp3) is 0.136. The lowest BCUT2D eigenvalue weighted by Gasteiger charge is -2.06. The van der Waals surface area contributed by atoms with Crippen LogP contribution in [0, 0.1) is 0 Å². The van der Waals surface area contributed by atoms with Crippen molar-refractivity contribution in [3.05, 3.63) is 88.0 Å². The minimum absolute atomic E-state index is 0.232. The first kappa shape index (κ1) is 16.5. The summed E-state index contributed by atoms with van der Waals surface area (Å²) in [5.41, 5.74) is 4.28. The highest BCUT2D eigenvalue weighted by Crippen LogP contribution is 2.28. The zero-order valence-electron chi connectivity index (χ0n) is 15.0. The number of hydrogen-bond donors (Lipinski definition) is 1. The van der Waals surface area contributed by atoms with E-state index in [2.05, 4.69) is 10.4 Å². The van der Waals surface area contributed by atoms with Gasteiger partial charge in [-0.2, -0.15) is 5.10 Å². The van der Waals surface area contributed by atoms with Crippen LogP contribution < -0.4 is 10.9 Å². The molecule has 0 spiro atoms. The fourth-order valence-corrected chi connectivity index (χ4v) is 3.74. The molecule has 6 heteroatoms. The van der Waals surface area contributed by atoms with Gasteiger partial charge in [-0.05, 0) is 55.7 Å². The zero-order valence-corrected chi connectivity index (χ0v) is 15.0. The van der Waals surface area contributed by atoms with E-state index in [1.807, 2.05) is 35.0 Å². The monoisotopic (exact) mass is 371 g/mol. The van der Waals surface area contributed by atoms with Gasteiger partial charge in [0.25, 0.3) is 5.91 Å². The maximum absolute atomic E-state index is 12.9. The molecule has 6 nitrogen and oxygen atoms in total. The molecule has 1 aliphatic rings. The zero-order chi connectivity index (χ0) is 19.1. The van der Waals surface area contributed by atoms with Crippen LogP contribution in [0.4, 0.5) is 5.69 Å². The average Bonchev–Trinajstić information content (AvgIpc) is 3.31. The molecule has 0 saturated heterocycles. The van der Waals surface area contributed by atoms with E-state index in [4.69, 9.17) is 4.42 Å². The number of carbonyl (C=O) groups excluding carboxylic acids is 1. The van der Waals surface area contributed by atoms with E-state index < -0.39 is 5.63 Å². The summed E-state index contributed by atoms with van der Waals surface area (Å²) in [7, 11) is 0. The molecule has 0 saturated carbocycles. The number of carbonyl (C=O) groups is 1. The summed E-state index contributed by atoms with van der Waals surface area (Å²) in [6, 6.07) is 18.1. The number of hydrogen-bond acceptors (Lipinski definition) is 4. The molecule has 138 valence electrons. The summed E-state index contributed by atoms with van der Waals surface area (Å²) in [5.74, 6) is -0.232. The third-order valence-electron chi connectivity index (χ3n) is 5.02. The first-order chi connectivity index (χ1) is 13.7. The van der Waals surface area contributed by atoms with Gasteiger partial charge in [-0.1, -0.05) is 18.2 Å². The molecule has 2 heterocycles. The Labute approximate surface area is 160 Å². The van der Waals surface area contributed by atoms with E-state index >= 15 is 0 Å². The summed E-state index contributed by atoms with van der Waals surface area (Å²) in [6.45, 7) is 0. The van der Waals surface area contributed by atoms with Crippen LogP contribution in [0.15, 0.2) is 69.9 Å². The predicted octanol–water partition coefficient (Wildman–Crippen LogP) is 3.72. The Morgan fingerprint density at radius 1 is 1.04 bits per heavy atom. The Bertz CT molecular complexity index is 1260. The number of nitrogens with zero attached hydrogens (tertiary/aromatic N) is 2. The second-order valence-corrected chi connectivity index (χ2v) is 6.84. The quantitative estimate of drug-likeness (QED) is 0.557. The number of benzene rings is 2. The van der Waals surface area contributed by atoms with Crippen LogP contribution in [0.5, 0.6) is 0 Å². The lowest BCUT2D eigenvalue weighted by molar-refractivity contribution is 0.102. The molecule has 5 rings (SSSR count). The maximum Gasteiger partial charge on any atom is 0.336 e. The number of aromatic nitrogens is 2. The molecule has 1 N–H and O–H groups in total. The van der Waals surface area contributed by atoms with Crippen LogP contribution in [0.2, 0.25) is 0 Å². The first-order valence-corrected chi connectivity index (χ1v) is 9.20. The van der Waals surface area contributed by atoms with Gasteiger partial charge in [-0.25, -0.2) is 9.48 Å². The standard InChI is InChI=1S/C22H17N3O3/c26-20-12-9-14-13-15(10-11-19(14)28-20)23-22(27)21-17-7-4-8-18(17)25(24-21)16-5-2-1-3-6-16/h1-3,5-6,9-13H,4,7-8H2,(H,23,27). The molecule has 4 aromatic rings. The van der Waals surface area contributed by atoms with Crippen LogP contribution >= 0.6 is 0 Å². The van der Waals surface area contributed by atoms with Gasteiger partial charge >= 0.3 is 5.63 Å². The Morgan fingerprint density at radius 2 is 1.89 bits per heavy atom. The number of nitrogens with one attached hydrogen (secondary N) is 1. The fourth-order valence-electron chi connectivity index (χ4n) is 3.74. The molecule has 1 amide bonds. The largest absolute Gasteiger partial charge is 0.423 e. The number of para-hydroxylation sites is 1. The molecule has 1 aliphatic carbocycles. The van der Waals surface area contributed by atoms with Crippen molar-refractivity contribution in [2.75, 3.05) is 5.32 Å². The van der Waals surface area contributed by atoms with Crippen molar-refractivity contribution in [3.8, 4) is 5.69 Å². The normalized spacial score (nSPS) is 12.9. The van der Waals surface area contributed by atoms with Crippen molar-refractivity contribution in [2.24, 2.45) is 0 Å². The van der Waals surface area contributed by atoms with E-state index in [1.165, 1.54) is 6.07 Å². The SMILES string of the molecule is O=C(Nc1ccc2oc(=O)ccc2c1)c1nn(-c2ccccc2)c2c1CCC2. The molecule has 0 unspecified atom stereocenters. The van der Waals surface area contributed by atoms with Crippen LogP contribution in [0.25, 0.3) is 16.7 Å². The van der Waals surface area contributed by atoms with Crippen molar-refractivity contribution in [1.82, 2.24) is 9.78 Å². The van der Waals surface area contributed by atoms with Gasteiger partial charge in [-0.3, -0.25) is 4.79 Å². The Hall–Kier alpha value is -3.67. The van der Waals surface area contributed by atoms with Crippen molar-refractivity contribution in [3.63, 3.8) is 0 Å². The maximum atomic E-state index is 12.9. The van der Waals surface area contributed by atoms with Gasteiger partial charge in [0.15, 0.2) is 5.69 Å². The van der Waals surface area contributed by atoms with E-state index in [1.54, 1.807) is 24.3 Å². The Morgan fingerprint density at radius 3 is 2.75 bits per heavy atom. The van der Waals surface area contributed by atoms with Crippen LogP contribution in [-0.4, -0.2) is 15.7 Å². The molecule has 0 bridgehead atoms. The summed E-state index contributed by atoms with van der Waals surface area (Å²) in [6.07, 6.45) is 2.79. The summed E-state index contributed by atoms with van der Waals surface area (Å²) in [4.78, 5) is 24.3. The minimum Gasteiger partial charge on any atom is -0.423 e. The molecule has 28 heavy (non-hydrogen) atoms. The lowest BCUT2D eigenvalue weighted by Crippen LogP contribution is -2.15. The number of anilines is 1. The molecule has 0 fully saturated rings. The van der Waals surface area contributed by atoms with E-state index in [0.29, 0.717) is 17.0 Å². The second-order valence-electron chi connectivity index (χ2n) is 6.84. The van der Waals surface area contributed by atoms with Crippen LogP contribution in [-0.2, 0) is 12.8 Å². The van der Waals surface area contributed by atoms with Crippen molar-refractivity contribution >= 4 is 22.6 Å². The highest BCUT2D eigenvalue weighted by Gasteiger charge is 2.27. The van der Waals surface area contributed by atoms with E-state index in [9.17, 15) is 9.59 Å². The third-order valence-corrected chi connectivity index (χ3v) is 5.02. The first-order valence-electron chi connectivity index (χ1n) is 9.20. The smallest absolute Gasteiger partial charge is 0.336 e. The molecular weight excluding hydrogens is 354 g/mol. The topological polar surface area (TPSA) is 77.1 Å². The molecule has 0 atom stereocenters. The number of fused-ring (bicyclic) bond motifs is 2. The average molecular weight is 371 g/mol. The molecule has 0 radical (unpaired) electrons. The third kappa shape index (κ3) is 2.79. The van der Waals surface area contributed by atoms with E-state index in [-0.39, 0.29) is 5.91 Å². The van der Waals surface area contributed by atoms with Gasteiger partial charge in [0.05, 0.1) is 5.69 Å². The van der Waals surface area contributed by atoms with Crippen LogP contribution in [0.1, 0.15) is 28.2 Å². The Balaban J connectivity index is 1.49. The van der Waals surface area contributed by atoms with Gasteiger partial charge in [0.2, 0.25) is 0 Å². The second kappa shape index (κ2) is 6.49. The summed E-state index contributed by atoms with van der Waals surface area (Å²) >= 11 is 0. The van der Waals surface area contributed by atoms with Crippen LogP contribution in [0.3, 0.4) is 0 Å². The van der Waals surface area contributed by atoms with Gasteiger partial charge in [0.1, 0.15) is 5.58 Å². The van der Waals surface area contributed by atoms with Gasteiger partial charge in [0, 0.05) is 28.4 Å². The summed E-state index contributed by atoms with van der Waals surface area (Å²) < 4.78 is 7.02. The number of rotatable bonds is 3. The molecular formula is C22H17N3O3. The Kier molecular flexibility index (Phi) is 3.83. The summed E-state index contributed by atoms with van der Waals surface area (Å²) in [5, 5.41) is 8.29.